The molecule has 4 rings (SSSR count). The van der Waals surface area contributed by atoms with Gasteiger partial charge in [-0.1, -0.05) is 36.4 Å². The second kappa shape index (κ2) is 6.95. The minimum atomic E-state index is 0.956. The predicted octanol–water partition coefficient (Wildman–Crippen LogP) is 4.68. The number of carbonyl (C=O) groups excluding carboxylic acids is 1. The van der Waals surface area contributed by atoms with Gasteiger partial charge in [-0.2, -0.15) is 0 Å². The number of benzene rings is 2. The molecule has 0 aliphatic carbocycles. The van der Waals surface area contributed by atoms with Crippen molar-refractivity contribution in [1.29, 1.82) is 0 Å². The van der Waals surface area contributed by atoms with E-state index in [-0.39, 0.29) is 0 Å². The van der Waals surface area contributed by atoms with Crippen molar-refractivity contribution in [1.82, 2.24) is 0 Å². The molecule has 0 atom stereocenters. The van der Waals surface area contributed by atoms with Crippen LogP contribution in [0.15, 0.2) is 82.0 Å². The molecule has 2 aromatic heterocycles. The molecule has 0 unspecified atom stereocenters. The molecule has 3 heteroatoms. The molecular formula is C17H14O3. The van der Waals surface area contributed by atoms with Crippen LogP contribution in [-0.2, 0) is 4.79 Å². The van der Waals surface area contributed by atoms with E-state index in [1.165, 1.54) is 0 Å². The van der Waals surface area contributed by atoms with Crippen molar-refractivity contribution in [2.45, 2.75) is 0 Å². The van der Waals surface area contributed by atoms with E-state index in [4.69, 9.17) is 13.6 Å². The Morgan fingerprint density at radius 3 is 1.40 bits per heavy atom. The Morgan fingerprint density at radius 1 is 0.600 bits per heavy atom. The smallest absolute Gasteiger partial charge is 0.133 e. The monoisotopic (exact) mass is 266 g/mol. The fourth-order valence-corrected chi connectivity index (χ4v) is 1.81. The highest BCUT2D eigenvalue weighted by molar-refractivity contribution is 5.77. The molecule has 0 amide bonds. The van der Waals surface area contributed by atoms with Crippen LogP contribution in [0.1, 0.15) is 0 Å². The lowest BCUT2D eigenvalue weighted by Crippen LogP contribution is -1.57. The molecule has 0 fully saturated rings. The predicted molar refractivity (Wildman–Crippen MR) is 79.5 cm³/mol. The first-order chi connectivity index (χ1) is 9.93. The van der Waals surface area contributed by atoms with E-state index >= 15 is 0 Å². The van der Waals surface area contributed by atoms with Crippen LogP contribution in [0.3, 0.4) is 0 Å². The maximum atomic E-state index is 8.00. The number of rotatable bonds is 0. The number of furan rings is 2. The summed E-state index contributed by atoms with van der Waals surface area (Å²) in [5.41, 5.74) is 1.91. The van der Waals surface area contributed by atoms with Crippen LogP contribution in [0.2, 0.25) is 0 Å². The molecule has 20 heavy (non-hydrogen) atoms. The molecule has 0 radical (unpaired) electrons. The molecule has 0 N–H and O–H groups in total. The van der Waals surface area contributed by atoms with Gasteiger partial charge in [0, 0.05) is 10.8 Å². The van der Waals surface area contributed by atoms with Crippen molar-refractivity contribution in [3.05, 3.63) is 73.2 Å². The van der Waals surface area contributed by atoms with Crippen LogP contribution in [0, 0.1) is 0 Å². The van der Waals surface area contributed by atoms with Gasteiger partial charge in [0.15, 0.2) is 0 Å². The molecule has 0 aliphatic rings. The fraction of sp³-hybridized carbons (Fsp3) is 0. The van der Waals surface area contributed by atoms with E-state index in [1.807, 2.05) is 67.5 Å². The van der Waals surface area contributed by atoms with E-state index in [2.05, 4.69) is 0 Å². The number of para-hydroxylation sites is 2. The molecule has 0 saturated carbocycles. The summed E-state index contributed by atoms with van der Waals surface area (Å²) < 4.78 is 10.2. The standard InChI is InChI=1S/2C8H6O.CH2O/c2*1-2-4-8-7(3-1)5-6-9-8;1-2/h2*1-6H;1H2. The van der Waals surface area contributed by atoms with E-state index in [0.717, 1.165) is 21.9 Å². The normalized spacial score (nSPS) is 9.40. The van der Waals surface area contributed by atoms with Crippen LogP contribution >= 0.6 is 0 Å². The second-order valence-electron chi connectivity index (χ2n) is 3.92. The van der Waals surface area contributed by atoms with Gasteiger partial charge in [0.25, 0.3) is 0 Å². The van der Waals surface area contributed by atoms with Gasteiger partial charge in [-0.05, 0) is 24.3 Å². The quantitative estimate of drug-likeness (QED) is 0.464. The third-order valence-electron chi connectivity index (χ3n) is 2.72. The Bertz CT molecular complexity index is 641. The van der Waals surface area contributed by atoms with Crippen molar-refractivity contribution in [2.75, 3.05) is 0 Å². The Kier molecular flexibility index (Phi) is 4.73. The molecule has 2 aromatic carbocycles. The zero-order valence-electron chi connectivity index (χ0n) is 10.9. The Balaban J connectivity index is 0.000000131. The summed E-state index contributed by atoms with van der Waals surface area (Å²) in [6.07, 6.45) is 3.40. The molecule has 2 heterocycles. The van der Waals surface area contributed by atoms with Crippen LogP contribution < -0.4 is 0 Å². The van der Waals surface area contributed by atoms with Crippen molar-refractivity contribution >= 4 is 28.7 Å². The summed E-state index contributed by atoms with van der Waals surface area (Å²) in [6, 6.07) is 19.8. The summed E-state index contributed by atoms with van der Waals surface area (Å²) >= 11 is 0. The minimum Gasteiger partial charge on any atom is -0.464 e. The van der Waals surface area contributed by atoms with E-state index in [9.17, 15) is 0 Å². The largest absolute Gasteiger partial charge is 0.464 e. The fourth-order valence-electron chi connectivity index (χ4n) is 1.81. The van der Waals surface area contributed by atoms with Gasteiger partial charge in [0.1, 0.15) is 18.0 Å². The zero-order chi connectivity index (χ0) is 14.2. The zero-order valence-corrected chi connectivity index (χ0v) is 10.9. The Labute approximate surface area is 116 Å². The minimum absolute atomic E-state index is 0.956. The summed E-state index contributed by atoms with van der Waals surface area (Å²) in [4.78, 5) is 8.00. The van der Waals surface area contributed by atoms with Crippen molar-refractivity contribution < 1.29 is 13.6 Å². The third kappa shape index (κ3) is 3.14. The molecule has 0 spiro atoms. The molecule has 4 aromatic rings. The first-order valence-electron chi connectivity index (χ1n) is 6.07. The average Bonchev–Trinajstić information content (AvgIpc) is 3.18. The van der Waals surface area contributed by atoms with E-state index in [0.29, 0.717) is 0 Å². The molecule has 0 aliphatic heterocycles. The van der Waals surface area contributed by atoms with E-state index < -0.39 is 0 Å². The highest BCUT2D eigenvalue weighted by atomic mass is 16.3. The maximum absolute atomic E-state index is 8.00. The highest BCUT2D eigenvalue weighted by Crippen LogP contribution is 2.13. The lowest BCUT2D eigenvalue weighted by molar-refractivity contribution is -0.0979. The summed E-state index contributed by atoms with van der Waals surface area (Å²) in [6.45, 7) is 2.00. The lowest BCUT2D eigenvalue weighted by Gasteiger charge is -1.81. The molecule has 100 valence electrons. The topological polar surface area (TPSA) is 43.4 Å². The van der Waals surface area contributed by atoms with Gasteiger partial charge in [0.05, 0.1) is 12.5 Å². The number of fused-ring (bicyclic) bond motifs is 2. The summed E-state index contributed by atoms with van der Waals surface area (Å²) in [7, 11) is 0. The van der Waals surface area contributed by atoms with Gasteiger partial charge in [0.2, 0.25) is 0 Å². The molecule has 3 nitrogen and oxygen atoms in total. The van der Waals surface area contributed by atoms with Crippen molar-refractivity contribution in [3.63, 3.8) is 0 Å². The Morgan fingerprint density at radius 2 is 1.00 bits per heavy atom. The second-order valence-corrected chi connectivity index (χ2v) is 3.92. The number of hydrogen-bond donors (Lipinski definition) is 0. The van der Waals surface area contributed by atoms with Crippen LogP contribution in [0.25, 0.3) is 21.9 Å². The SMILES string of the molecule is C=O.c1ccc2occc2c1.c1ccc2occc2c1. The average molecular weight is 266 g/mol. The van der Waals surface area contributed by atoms with E-state index in [1.54, 1.807) is 12.5 Å². The third-order valence-corrected chi connectivity index (χ3v) is 2.72. The summed E-state index contributed by atoms with van der Waals surface area (Å²) in [5, 5.41) is 2.33. The van der Waals surface area contributed by atoms with Crippen LogP contribution in [0.5, 0.6) is 0 Å². The molecular weight excluding hydrogens is 252 g/mol. The maximum Gasteiger partial charge on any atom is 0.133 e. The van der Waals surface area contributed by atoms with Gasteiger partial charge in [-0.3, -0.25) is 0 Å². The van der Waals surface area contributed by atoms with Crippen molar-refractivity contribution in [3.8, 4) is 0 Å². The number of hydrogen-bond acceptors (Lipinski definition) is 3. The van der Waals surface area contributed by atoms with Gasteiger partial charge < -0.3 is 13.6 Å². The Hall–Kier alpha value is -2.81. The first-order valence-corrected chi connectivity index (χ1v) is 6.07. The highest BCUT2D eigenvalue weighted by Gasteiger charge is 1.90. The van der Waals surface area contributed by atoms with Crippen LogP contribution in [0.4, 0.5) is 0 Å². The first kappa shape index (κ1) is 13.6. The van der Waals surface area contributed by atoms with Gasteiger partial charge in [-0.15, -0.1) is 0 Å². The van der Waals surface area contributed by atoms with Gasteiger partial charge >= 0.3 is 0 Å². The lowest BCUT2D eigenvalue weighted by atomic mass is 10.3. The van der Waals surface area contributed by atoms with Crippen molar-refractivity contribution in [2.24, 2.45) is 0 Å². The molecule has 0 saturated heterocycles. The van der Waals surface area contributed by atoms with Gasteiger partial charge in [-0.25, -0.2) is 0 Å². The van der Waals surface area contributed by atoms with Crippen LogP contribution in [-0.4, -0.2) is 6.79 Å². The summed E-state index contributed by atoms with van der Waals surface area (Å²) in [5.74, 6) is 0. The molecule has 0 bridgehead atoms. The number of carbonyl (C=O) groups is 1.